The van der Waals surface area contributed by atoms with E-state index in [0.717, 1.165) is 5.56 Å². The van der Waals surface area contributed by atoms with E-state index in [9.17, 15) is 14.9 Å². The Morgan fingerprint density at radius 2 is 1.96 bits per heavy atom. The zero-order valence-corrected chi connectivity index (χ0v) is 15.6. The fourth-order valence-electron chi connectivity index (χ4n) is 3.00. The normalized spacial score (nSPS) is 13.5. The molecular weight excluding hydrogens is 356 g/mol. The van der Waals surface area contributed by atoms with Crippen molar-refractivity contribution in [1.82, 2.24) is 9.88 Å². The van der Waals surface area contributed by atoms with Gasteiger partial charge in [-0.3, -0.25) is 14.9 Å². The first-order valence-electron chi connectivity index (χ1n) is 8.87. The lowest BCUT2D eigenvalue weighted by Crippen LogP contribution is -2.46. The van der Waals surface area contributed by atoms with Crippen molar-refractivity contribution in [2.75, 3.05) is 31.1 Å². The number of nitrogens with zero attached hydrogens (tertiary/aromatic N) is 4. The fourth-order valence-corrected chi connectivity index (χ4v) is 3.00. The molecule has 142 valence electrons. The SMILES string of the molecule is C=C(C#Cc1cccc(C(C)=O)c1)N1CCN(c2ncccc2[N+](=O)[O-])CC1. The Labute approximate surface area is 163 Å². The Hall–Kier alpha value is -3.66. The van der Waals surface area contributed by atoms with Crippen molar-refractivity contribution in [2.45, 2.75) is 6.92 Å². The van der Waals surface area contributed by atoms with Crippen LogP contribution in [0.3, 0.4) is 0 Å². The number of rotatable bonds is 4. The summed E-state index contributed by atoms with van der Waals surface area (Å²) in [4.78, 5) is 30.4. The van der Waals surface area contributed by atoms with Gasteiger partial charge in [-0.1, -0.05) is 24.6 Å². The molecule has 2 heterocycles. The third-order valence-electron chi connectivity index (χ3n) is 4.54. The molecule has 0 radical (unpaired) electrons. The molecule has 0 saturated carbocycles. The third kappa shape index (κ3) is 4.35. The van der Waals surface area contributed by atoms with E-state index in [4.69, 9.17) is 0 Å². The molecule has 1 aromatic heterocycles. The van der Waals surface area contributed by atoms with E-state index in [1.54, 1.807) is 24.4 Å². The topological polar surface area (TPSA) is 79.6 Å². The molecule has 0 aliphatic carbocycles. The van der Waals surface area contributed by atoms with Crippen molar-refractivity contribution in [3.63, 3.8) is 0 Å². The van der Waals surface area contributed by atoms with Crippen LogP contribution in [0, 0.1) is 22.0 Å². The summed E-state index contributed by atoms with van der Waals surface area (Å²) in [5.41, 5.74) is 2.09. The average Bonchev–Trinajstić information content (AvgIpc) is 2.72. The van der Waals surface area contributed by atoms with Gasteiger partial charge in [0.05, 0.1) is 10.6 Å². The van der Waals surface area contributed by atoms with Crippen molar-refractivity contribution < 1.29 is 9.72 Å². The second kappa shape index (κ2) is 8.35. The number of ketones is 1. The van der Waals surface area contributed by atoms with Crippen LogP contribution in [0.2, 0.25) is 0 Å². The van der Waals surface area contributed by atoms with Crippen molar-refractivity contribution in [3.05, 3.63) is 76.1 Å². The number of aromatic nitrogens is 1. The molecule has 1 fully saturated rings. The fraction of sp³-hybridized carbons (Fsp3) is 0.238. The number of pyridine rings is 1. The zero-order chi connectivity index (χ0) is 20.1. The maximum atomic E-state index is 11.5. The van der Waals surface area contributed by atoms with Crippen molar-refractivity contribution in [3.8, 4) is 11.8 Å². The van der Waals surface area contributed by atoms with Crippen molar-refractivity contribution in [1.29, 1.82) is 0 Å². The van der Waals surface area contributed by atoms with Gasteiger partial charge in [0.1, 0.15) is 0 Å². The maximum Gasteiger partial charge on any atom is 0.311 e. The lowest BCUT2D eigenvalue weighted by atomic mass is 10.1. The van der Waals surface area contributed by atoms with Crippen LogP contribution in [0.25, 0.3) is 0 Å². The Morgan fingerprint density at radius 1 is 1.21 bits per heavy atom. The first-order chi connectivity index (χ1) is 13.5. The predicted molar refractivity (Wildman–Crippen MR) is 107 cm³/mol. The van der Waals surface area contributed by atoms with Crippen LogP contribution in [0.4, 0.5) is 11.5 Å². The van der Waals surface area contributed by atoms with Gasteiger partial charge in [0.15, 0.2) is 5.78 Å². The third-order valence-corrected chi connectivity index (χ3v) is 4.54. The highest BCUT2D eigenvalue weighted by atomic mass is 16.6. The van der Waals surface area contributed by atoms with Gasteiger partial charge in [0.2, 0.25) is 5.82 Å². The Balaban J connectivity index is 1.65. The highest BCUT2D eigenvalue weighted by Crippen LogP contribution is 2.26. The number of piperazine rings is 1. The van der Waals surface area contributed by atoms with E-state index >= 15 is 0 Å². The van der Waals surface area contributed by atoms with Gasteiger partial charge >= 0.3 is 5.69 Å². The summed E-state index contributed by atoms with van der Waals surface area (Å²) in [5.74, 6) is 6.49. The lowest BCUT2D eigenvalue weighted by Gasteiger charge is -2.35. The Kier molecular flexibility index (Phi) is 5.70. The Bertz CT molecular complexity index is 982. The van der Waals surface area contributed by atoms with E-state index in [0.29, 0.717) is 43.3 Å². The number of hydrogen-bond acceptors (Lipinski definition) is 6. The first-order valence-corrected chi connectivity index (χ1v) is 8.87. The van der Waals surface area contributed by atoms with Crippen molar-refractivity contribution >= 4 is 17.3 Å². The molecule has 28 heavy (non-hydrogen) atoms. The molecule has 0 unspecified atom stereocenters. The van der Waals surface area contributed by atoms with Crippen LogP contribution in [0.5, 0.6) is 0 Å². The standard InChI is InChI=1S/C21H20N4O3/c1-16(8-9-18-5-3-6-19(15-18)17(2)26)23-11-13-24(14-12-23)21-20(25(27)28)7-4-10-22-21/h3-7,10,15H,1,11-14H2,2H3. The van der Waals surface area contributed by atoms with E-state index in [-0.39, 0.29) is 11.5 Å². The molecule has 1 aliphatic heterocycles. The van der Waals surface area contributed by atoms with Gasteiger partial charge in [-0.2, -0.15) is 0 Å². The molecule has 1 aromatic carbocycles. The maximum absolute atomic E-state index is 11.5. The highest BCUT2D eigenvalue weighted by molar-refractivity contribution is 5.94. The van der Waals surface area contributed by atoms with Gasteiger partial charge < -0.3 is 9.80 Å². The molecule has 3 rings (SSSR count). The molecule has 0 bridgehead atoms. The number of Topliss-reactive ketones (excluding diaryl/α,β-unsaturated/α-hetero) is 1. The number of carbonyl (C=O) groups is 1. The van der Waals surface area contributed by atoms with Gasteiger partial charge in [-0.15, -0.1) is 0 Å². The van der Waals surface area contributed by atoms with Gasteiger partial charge in [0, 0.05) is 49.6 Å². The number of allylic oxidation sites excluding steroid dienone is 1. The van der Waals surface area contributed by atoms with Crippen LogP contribution in [-0.2, 0) is 0 Å². The molecule has 0 spiro atoms. The van der Waals surface area contributed by atoms with Gasteiger partial charge in [-0.05, 0) is 31.0 Å². The molecule has 7 heteroatoms. The molecular formula is C21H20N4O3. The smallest absolute Gasteiger partial charge is 0.311 e. The minimum atomic E-state index is -0.408. The van der Waals surface area contributed by atoms with Crippen LogP contribution in [0.15, 0.2) is 54.9 Å². The van der Waals surface area contributed by atoms with Crippen LogP contribution in [-0.4, -0.2) is 46.8 Å². The van der Waals surface area contributed by atoms with E-state index in [1.807, 2.05) is 21.9 Å². The lowest BCUT2D eigenvalue weighted by molar-refractivity contribution is -0.384. The first kappa shape index (κ1) is 19.1. The molecule has 7 nitrogen and oxygen atoms in total. The van der Waals surface area contributed by atoms with Crippen LogP contribution >= 0.6 is 0 Å². The molecule has 2 aromatic rings. The van der Waals surface area contributed by atoms with Crippen molar-refractivity contribution in [2.24, 2.45) is 0 Å². The number of benzene rings is 1. The molecule has 1 saturated heterocycles. The molecule has 1 aliphatic rings. The predicted octanol–water partition coefficient (Wildman–Crippen LogP) is 2.88. The summed E-state index contributed by atoms with van der Waals surface area (Å²) in [5, 5.41) is 11.2. The monoisotopic (exact) mass is 376 g/mol. The summed E-state index contributed by atoms with van der Waals surface area (Å²) in [7, 11) is 0. The summed E-state index contributed by atoms with van der Waals surface area (Å²) in [6, 6.07) is 10.2. The molecule has 0 atom stereocenters. The number of nitro groups is 1. The second-order valence-corrected chi connectivity index (χ2v) is 6.41. The Morgan fingerprint density at radius 3 is 2.64 bits per heavy atom. The van der Waals surface area contributed by atoms with Gasteiger partial charge in [0.25, 0.3) is 0 Å². The zero-order valence-electron chi connectivity index (χ0n) is 15.6. The van der Waals surface area contributed by atoms with E-state index in [1.165, 1.54) is 13.0 Å². The number of hydrogen-bond donors (Lipinski definition) is 0. The summed E-state index contributed by atoms with van der Waals surface area (Å²) >= 11 is 0. The second-order valence-electron chi connectivity index (χ2n) is 6.41. The van der Waals surface area contributed by atoms with E-state index < -0.39 is 4.92 Å². The number of carbonyl (C=O) groups excluding carboxylic acids is 1. The minimum Gasteiger partial charge on any atom is -0.362 e. The average molecular weight is 376 g/mol. The summed E-state index contributed by atoms with van der Waals surface area (Å²) < 4.78 is 0. The largest absolute Gasteiger partial charge is 0.362 e. The van der Waals surface area contributed by atoms with Gasteiger partial charge in [-0.25, -0.2) is 4.98 Å². The van der Waals surface area contributed by atoms with Crippen LogP contribution in [0.1, 0.15) is 22.8 Å². The quantitative estimate of drug-likeness (QED) is 0.353. The number of anilines is 1. The molecule has 0 N–H and O–H groups in total. The highest BCUT2D eigenvalue weighted by Gasteiger charge is 2.24. The minimum absolute atomic E-state index is 0.00205. The van der Waals surface area contributed by atoms with E-state index in [2.05, 4.69) is 23.4 Å². The summed E-state index contributed by atoms with van der Waals surface area (Å²) in [6.45, 7) is 8.05. The summed E-state index contributed by atoms with van der Waals surface area (Å²) in [6.07, 6.45) is 1.56. The molecule has 0 amide bonds. The van der Waals surface area contributed by atoms with Crippen LogP contribution < -0.4 is 4.90 Å².